The van der Waals surface area contributed by atoms with Crippen LogP contribution in [0.15, 0.2) is 0 Å². The molecule has 14 heavy (non-hydrogen) atoms. The zero-order chi connectivity index (χ0) is 10.1. The summed E-state index contributed by atoms with van der Waals surface area (Å²) >= 11 is 0. The number of nitrogens with one attached hydrogen (secondary N) is 1. The lowest BCUT2D eigenvalue weighted by Crippen LogP contribution is -2.06. The van der Waals surface area contributed by atoms with Crippen molar-refractivity contribution in [2.45, 2.75) is 33.0 Å². The van der Waals surface area contributed by atoms with Crippen molar-refractivity contribution in [1.29, 1.82) is 0 Å². The van der Waals surface area contributed by atoms with Gasteiger partial charge in [0.25, 0.3) is 0 Å². The van der Waals surface area contributed by atoms with E-state index in [0.29, 0.717) is 19.1 Å². The molecule has 1 aromatic rings. The molecule has 4 nitrogen and oxygen atoms in total. The van der Waals surface area contributed by atoms with Crippen LogP contribution in [-0.4, -0.2) is 17.0 Å². The van der Waals surface area contributed by atoms with Crippen molar-refractivity contribution in [2.75, 3.05) is 12.4 Å². The van der Waals surface area contributed by atoms with Crippen molar-refractivity contribution in [1.82, 2.24) is 9.97 Å². The maximum absolute atomic E-state index is 5.35. The molecule has 0 fully saturated rings. The molecule has 76 valence electrons. The van der Waals surface area contributed by atoms with Crippen LogP contribution < -0.4 is 5.32 Å². The summed E-state index contributed by atoms with van der Waals surface area (Å²) in [5, 5.41) is 3.09. The second-order valence-corrected chi connectivity index (χ2v) is 3.75. The number of hydrogen-bond donors (Lipinski definition) is 1. The average Bonchev–Trinajstić information content (AvgIpc) is 2.63. The van der Waals surface area contributed by atoms with E-state index in [2.05, 4.69) is 29.1 Å². The molecule has 4 heteroatoms. The summed E-state index contributed by atoms with van der Waals surface area (Å²) in [6.07, 6.45) is 0. The summed E-state index contributed by atoms with van der Waals surface area (Å²) in [5.41, 5.74) is 2.14. The molecule has 1 aliphatic heterocycles. The number of aromatic nitrogens is 2. The lowest BCUT2D eigenvalue weighted by atomic mass is 10.2. The van der Waals surface area contributed by atoms with E-state index in [1.807, 2.05) is 7.05 Å². The van der Waals surface area contributed by atoms with E-state index in [4.69, 9.17) is 4.74 Å². The molecule has 1 N–H and O–H groups in total. The Kier molecular flexibility index (Phi) is 2.37. The number of hydrogen-bond acceptors (Lipinski definition) is 4. The lowest BCUT2D eigenvalue weighted by Gasteiger charge is -2.09. The minimum atomic E-state index is 0.355. The van der Waals surface area contributed by atoms with Gasteiger partial charge in [0.05, 0.1) is 18.9 Å². The molecule has 2 rings (SSSR count). The third-order valence-electron chi connectivity index (χ3n) is 2.35. The van der Waals surface area contributed by atoms with Gasteiger partial charge >= 0.3 is 0 Å². The van der Waals surface area contributed by atoms with E-state index in [1.54, 1.807) is 0 Å². The Morgan fingerprint density at radius 1 is 1.29 bits per heavy atom. The van der Waals surface area contributed by atoms with E-state index in [0.717, 1.165) is 22.9 Å². The van der Waals surface area contributed by atoms with Gasteiger partial charge in [0, 0.05) is 18.5 Å². The molecule has 0 spiro atoms. The third kappa shape index (κ3) is 1.46. The van der Waals surface area contributed by atoms with Crippen LogP contribution in [-0.2, 0) is 18.0 Å². The normalized spacial score (nSPS) is 14.6. The molecular weight excluding hydrogens is 178 g/mol. The summed E-state index contributed by atoms with van der Waals surface area (Å²) in [4.78, 5) is 8.95. The van der Waals surface area contributed by atoms with Gasteiger partial charge in [-0.2, -0.15) is 0 Å². The van der Waals surface area contributed by atoms with Crippen molar-refractivity contribution < 1.29 is 4.74 Å². The molecule has 0 aliphatic carbocycles. The molecule has 1 aromatic heterocycles. The van der Waals surface area contributed by atoms with Gasteiger partial charge < -0.3 is 10.1 Å². The first kappa shape index (κ1) is 9.40. The summed E-state index contributed by atoms with van der Waals surface area (Å²) in [6.45, 7) is 5.43. The van der Waals surface area contributed by atoms with E-state index >= 15 is 0 Å². The highest BCUT2D eigenvalue weighted by molar-refractivity contribution is 5.47. The van der Waals surface area contributed by atoms with Crippen molar-refractivity contribution in [3.05, 3.63) is 17.1 Å². The van der Waals surface area contributed by atoms with E-state index in [-0.39, 0.29) is 0 Å². The topological polar surface area (TPSA) is 47.0 Å². The van der Waals surface area contributed by atoms with Crippen molar-refractivity contribution in [3.63, 3.8) is 0 Å². The van der Waals surface area contributed by atoms with E-state index in [1.165, 1.54) is 0 Å². The molecule has 0 aromatic carbocycles. The Labute approximate surface area is 83.7 Å². The van der Waals surface area contributed by atoms with Crippen LogP contribution in [0, 0.1) is 0 Å². The lowest BCUT2D eigenvalue weighted by molar-refractivity contribution is 0.133. The standard InChI is InChI=1S/C10H15N3O/c1-6(2)9-12-8-5-14-4-7(8)10(11-3)13-9/h6H,4-5H2,1-3H3,(H,11,12,13). The Morgan fingerprint density at radius 3 is 2.71 bits per heavy atom. The zero-order valence-electron chi connectivity index (χ0n) is 8.79. The molecule has 1 aliphatic rings. The Bertz CT molecular complexity index is 349. The fourth-order valence-electron chi connectivity index (χ4n) is 1.54. The van der Waals surface area contributed by atoms with Crippen LogP contribution >= 0.6 is 0 Å². The molecule has 0 saturated carbocycles. The zero-order valence-corrected chi connectivity index (χ0v) is 8.79. The minimum absolute atomic E-state index is 0.355. The predicted molar refractivity (Wildman–Crippen MR) is 54.2 cm³/mol. The summed E-state index contributed by atoms with van der Waals surface area (Å²) in [5.74, 6) is 2.16. The Hall–Kier alpha value is -1.16. The first-order chi connectivity index (χ1) is 6.72. The smallest absolute Gasteiger partial charge is 0.135 e. The highest BCUT2D eigenvalue weighted by Crippen LogP contribution is 2.25. The number of rotatable bonds is 2. The van der Waals surface area contributed by atoms with Gasteiger partial charge in [0.2, 0.25) is 0 Å². The van der Waals surface area contributed by atoms with Crippen molar-refractivity contribution >= 4 is 5.82 Å². The highest BCUT2D eigenvalue weighted by atomic mass is 16.5. The van der Waals surface area contributed by atoms with Crippen LogP contribution in [0.25, 0.3) is 0 Å². The van der Waals surface area contributed by atoms with Gasteiger partial charge in [-0.25, -0.2) is 9.97 Å². The summed E-state index contributed by atoms with van der Waals surface area (Å²) in [7, 11) is 1.88. The van der Waals surface area contributed by atoms with Crippen molar-refractivity contribution in [2.24, 2.45) is 0 Å². The Balaban J connectivity index is 2.49. The SMILES string of the molecule is CNc1nc(C(C)C)nc2c1COC2. The van der Waals surface area contributed by atoms with Crippen LogP contribution in [0.5, 0.6) is 0 Å². The monoisotopic (exact) mass is 193 g/mol. The van der Waals surface area contributed by atoms with Crippen LogP contribution in [0.2, 0.25) is 0 Å². The molecular formula is C10H15N3O. The molecule has 0 saturated heterocycles. The van der Waals surface area contributed by atoms with Crippen LogP contribution in [0.4, 0.5) is 5.82 Å². The predicted octanol–water partition coefficient (Wildman–Crippen LogP) is 1.67. The highest BCUT2D eigenvalue weighted by Gasteiger charge is 2.19. The van der Waals surface area contributed by atoms with Gasteiger partial charge in [0.15, 0.2) is 0 Å². The first-order valence-corrected chi connectivity index (χ1v) is 4.87. The average molecular weight is 193 g/mol. The Morgan fingerprint density at radius 2 is 2.07 bits per heavy atom. The van der Waals surface area contributed by atoms with Crippen molar-refractivity contribution in [3.8, 4) is 0 Å². The maximum Gasteiger partial charge on any atom is 0.135 e. The third-order valence-corrected chi connectivity index (χ3v) is 2.35. The number of fused-ring (bicyclic) bond motifs is 1. The molecule has 0 radical (unpaired) electrons. The number of ether oxygens (including phenoxy) is 1. The number of anilines is 1. The second-order valence-electron chi connectivity index (χ2n) is 3.75. The van der Waals surface area contributed by atoms with Gasteiger partial charge in [-0.05, 0) is 0 Å². The molecule has 0 atom stereocenters. The number of nitrogens with zero attached hydrogens (tertiary/aromatic N) is 2. The van der Waals surface area contributed by atoms with Crippen LogP contribution in [0.3, 0.4) is 0 Å². The molecule has 2 heterocycles. The van der Waals surface area contributed by atoms with E-state index in [9.17, 15) is 0 Å². The van der Waals surface area contributed by atoms with E-state index < -0.39 is 0 Å². The van der Waals surface area contributed by atoms with Gasteiger partial charge in [-0.15, -0.1) is 0 Å². The van der Waals surface area contributed by atoms with Crippen LogP contribution in [0.1, 0.15) is 36.8 Å². The quantitative estimate of drug-likeness (QED) is 0.776. The molecule has 0 unspecified atom stereocenters. The second kappa shape index (κ2) is 3.53. The largest absolute Gasteiger partial charge is 0.373 e. The minimum Gasteiger partial charge on any atom is -0.373 e. The summed E-state index contributed by atoms with van der Waals surface area (Å²) < 4.78 is 5.35. The molecule has 0 amide bonds. The summed E-state index contributed by atoms with van der Waals surface area (Å²) in [6, 6.07) is 0. The van der Waals surface area contributed by atoms with Gasteiger partial charge in [-0.1, -0.05) is 13.8 Å². The van der Waals surface area contributed by atoms with Gasteiger partial charge in [-0.3, -0.25) is 0 Å². The maximum atomic E-state index is 5.35. The fraction of sp³-hybridized carbons (Fsp3) is 0.600. The first-order valence-electron chi connectivity index (χ1n) is 4.87. The fourth-order valence-corrected chi connectivity index (χ4v) is 1.54. The molecule has 0 bridgehead atoms. The van der Waals surface area contributed by atoms with Gasteiger partial charge in [0.1, 0.15) is 11.6 Å².